The van der Waals surface area contributed by atoms with Crippen LogP contribution in [-0.4, -0.2) is 0 Å². The average molecular weight is 481 g/mol. The van der Waals surface area contributed by atoms with Gasteiger partial charge in [-0.25, -0.2) is 0 Å². The van der Waals surface area contributed by atoms with E-state index in [2.05, 4.69) is 142 Å². The molecule has 0 aromatic heterocycles. The molecule has 0 spiro atoms. The van der Waals surface area contributed by atoms with Crippen LogP contribution in [0.15, 0.2) is 127 Å². The van der Waals surface area contributed by atoms with Gasteiger partial charge in [-0.2, -0.15) is 0 Å². The lowest BCUT2D eigenvalue weighted by atomic mass is 9.91. The Balaban J connectivity index is 0.000000182. The second-order valence-corrected chi connectivity index (χ2v) is 9.23. The van der Waals surface area contributed by atoms with E-state index in [4.69, 9.17) is 0 Å². The van der Waals surface area contributed by atoms with Crippen molar-refractivity contribution in [3.8, 4) is 22.3 Å². The summed E-state index contributed by atoms with van der Waals surface area (Å²) in [6.45, 7) is 10.5. The third-order valence-electron chi connectivity index (χ3n) is 6.62. The largest absolute Gasteiger partial charge is 0.0683 e. The lowest BCUT2D eigenvalue weighted by Crippen LogP contribution is -1.88. The number of benzene rings is 6. The van der Waals surface area contributed by atoms with Crippen molar-refractivity contribution in [2.45, 2.75) is 34.6 Å². The molecule has 0 aliphatic heterocycles. The van der Waals surface area contributed by atoms with Crippen LogP contribution < -0.4 is 0 Å². The fraction of sp³-hybridized carbons (Fsp3) is 0.135. The zero-order valence-corrected chi connectivity index (χ0v) is 22.6. The Morgan fingerprint density at radius 3 is 1.65 bits per heavy atom. The fourth-order valence-corrected chi connectivity index (χ4v) is 4.85. The van der Waals surface area contributed by atoms with Gasteiger partial charge < -0.3 is 0 Å². The second-order valence-electron chi connectivity index (χ2n) is 9.23. The van der Waals surface area contributed by atoms with Gasteiger partial charge in [0.25, 0.3) is 0 Å². The first-order chi connectivity index (χ1) is 18.1. The van der Waals surface area contributed by atoms with Gasteiger partial charge in [0, 0.05) is 0 Å². The van der Waals surface area contributed by atoms with Crippen LogP contribution in [-0.2, 0) is 0 Å². The Morgan fingerprint density at radius 1 is 0.378 bits per heavy atom. The summed E-state index contributed by atoms with van der Waals surface area (Å²) in [4.78, 5) is 0. The molecule has 0 saturated carbocycles. The Bertz CT molecular complexity index is 1600. The van der Waals surface area contributed by atoms with Crippen LogP contribution in [0.4, 0.5) is 0 Å². The van der Waals surface area contributed by atoms with E-state index in [1.165, 1.54) is 60.5 Å². The first-order valence-electron chi connectivity index (χ1n) is 13.2. The summed E-state index contributed by atoms with van der Waals surface area (Å²) in [5.41, 5.74) is 9.21. The molecule has 6 aromatic rings. The Kier molecular flexibility index (Phi) is 8.54. The summed E-state index contributed by atoms with van der Waals surface area (Å²) in [7, 11) is 0. The molecule has 0 heterocycles. The van der Waals surface area contributed by atoms with E-state index in [9.17, 15) is 0 Å². The minimum Gasteiger partial charge on any atom is -0.0683 e. The third-order valence-corrected chi connectivity index (χ3v) is 6.62. The second kappa shape index (κ2) is 12.2. The van der Waals surface area contributed by atoms with Gasteiger partial charge >= 0.3 is 0 Å². The molecule has 0 bridgehead atoms. The minimum atomic E-state index is 1.28. The lowest BCUT2D eigenvalue weighted by molar-refractivity contribution is 1.47. The topological polar surface area (TPSA) is 0 Å². The van der Waals surface area contributed by atoms with Crippen molar-refractivity contribution in [2.24, 2.45) is 0 Å². The normalized spacial score (nSPS) is 10.3. The first kappa shape index (κ1) is 25.9. The van der Waals surface area contributed by atoms with Gasteiger partial charge in [0.2, 0.25) is 0 Å². The van der Waals surface area contributed by atoms with Crippen molar-refractivity contribution < 1.29 is 0 Å². The predicted molar refractivity (Wildman–Crippen MR) is 164 cm³/mol. The molecule has 0 nitrogen and oxygen atoms in total. The number of aryl methyl sites for hydroxylation is 3. The van der Waals surface area contributed by atoms with Crippen LogP contribution in [0.3, 0.4) is 0 Å². The molecule has 184 valence electrons. The number of fused-ring (bicyclic) bond motifs is 2. The molecule has 0 unspecified atom stereocenters. The molecule has 0 fully saturated rings. The van der Waals surface area contributed by atoms with Crippen LogP contribution in [0.1, 0.15) is 30.5 Å². The summed E-state index contributed by atoms with van der Waals surface area (Å²) in [5, 5.41) is 5.28. The monoisotopic (exact) mass is 480 g/mol. The van der Waals surface area contributed by atoms with Crippen LogP contribution in [0.5, 0.6) is 0 Å². The predicted octanol–water partition coefficient (Wildman–Crippen LogP) is 11.0. The van der Waals surface area contributed by atoms with Gasteiger partial charge in [-0.15, -0.1) is 0 Å². The molecule has 0 atom stereocenters. The van der Waals surface area contributed by atoms with Gasteiger partial charge in [0.15, 0.2) is 0 Å². The number of hydrogen-bond acceptors (Lipinski definition) is 0. The fourth-order valence-electron chi connectivity index (χ4n) is 4.85. The highest BCUT2D eigenvalue weighted by Crippen LogP contribution is 2.35. The van der Waals surface area contributed by atoms with Gasteiger partial charge in [0.1, 0.15) is 0 Å². The van der Waals surface area contributed by atoms with Crippen LogP contribution in [0.25, 0.3) is 43.8 Å². The molecule has 6 aromatic carbocycles. The summed E-state index contributed by atoms with van der Waals surface area (Å²) >= 11 is 0. The van der Waals surface area contributed by atoms with E-state index in [1.807, 2.05) is 19.9 Å². The maximum Gasteiger partial charge on any atom is -0.00760 e. The molecule has 0 saturated heterocycles. The van der Waals surface area contributed by atoms with E-state index in [0.717, 1.165) is 0 Å². The number of rotatable bonds is 2. The smallest absolute Gasteiger partial charge is 0.00760 e. The van der Waals surface area contributed by atoms with Gasteiger partial charge in [-0.05, 0) is 81.8 Å². The summed E-state index contributed by atoms with van der Waals surface area (Å²) in [6.07, 6.45) is 0. The Hall–Kier alpha value is -4.16. The average Bonchev–Trinajstić information content (AvgIpc) is 2.94. The third kappa shape index (κ3) is 5.98. The SMILES string of the molecule is CC.Cc1cc2ccccc2cc1-c1cccc2cccc(C)c12.Cc1cccc(-c2ccccc2)c1. The summed E-state index contributed by atoms with van der Waals surface area (Å²) < 4.78 is 0. The highest BCUT2D eigenvalue weighted by atomic mass is 14.1. The molecule has 0 heteroatoms. The van der Waals surface area contributed by atoms with Crippen LogP contribution in [0, 0.1) is 20.8 Å². The van der Waals surface area contributed by atoms with E-state index >= 15 is 0 Å². The van der Waals surface area contributed by atoms with Gasteiger partial charge in [0.05, 0.1) is 0 Å². The molecule has 37 heavy (non-hydrogen) atoms. The Morgan fingerprint density at radius 2 is 0.946 bits per heavy atom. The van der Waals surface area contributed by atoms with Crippen LogP contribution in [0.2, 0.25) is 0 Å². The molecule has 0 radical (unpaired) electrons. The van der Waals surface area contributed by atoms with Crippen molar-refractivity contribution in [2.75, 3.05) is 0 Å². The molecule has 6 rings (SSSR count). The quantitative estimate of drug-likeness (QED) is 0.231. The van der Waals surface area contributed by atoms with Crippen molar-refractivity contribution in [1.29, 1.82) is 0 Å². The molecule has 0 N–H and O–H groups in total. The van der Waals surface area contributed by atoms with Crippen molar-refractivity contribution in [3.05, 3.63) is 144 Å². The lowest BCUT2D eigenvalue weighted by Gasteiger charge is -2.13. The van der Waals surface area contributed by atoms with E-state index in [1.54, 1.807) is 0 Å². The highest BCUT2D eigenvalue weighted by molar-refractivity contribution is 6.01. The Labute approximate surface area is 222 Å². The summed E-state index contributed by atoms with van der Waals surface area (Å²) in [6, 6.07) is 45.3. The van der Waals surface area contributed by atoms with Crippen molar-refractivity contribution in [3.63, 3.8) is 0 Å². The molecule has 0 aliphatic carbocycles. The molecular weight excluding hydrogens is 444 g/mol. The molecule has 0 amide bonds. The minimum absolute atomic E-state index is 1.28. The highest BCUT2D eigenvalue weighted by Gasteiger charge is 2.09. The summed E-state index contributed by atoms with van der Waals surface area (Å²) in [5.74, 6) is 0. The standard InChI is InChI=1S/C22H18.C13H12.C2H6/c1-15-7-5-10-17-11-6-12-20(22(15)17)21-14-19-9-4-3-8-18(19)13-16(21)2;1-11-6-5-9-13(10-11)12-7-3-2-4-8-12;1-2/h3-14H,1-2H3;2-10H,1H3;1-2H3. The van der Waals surface area contributed by atoms with Gasteiger partial charge in [-0.1, -0.05) is 141 Å². The maximum absolute atomic E-state index is 2.33. The van der Waals surface area contributed by atoms with E-state index in [-0.39, 0.29) is 0 Å². The van der Waals surface area contributed by atoms with Crippen molar-refractivity contribution >= 4 is 21.5 Å². The zero-order chi connectivity index (χ0) is 26.2. The molecular formula is C37H36. The zero-order valence-electron chi connectivity index (χ0n) is 22.6. The van der Waals surface area contributed by atoms with E-state index < -0.39 is 0 Å². The van der Waals surface area contributed by atoms with Crippen LogP contribution >= 0.6 is 0 Å². The van der Waals surface area contributed by atoms with Gasteiger partial charge in [-0.3, -0.25) is 0 Å². The number of hydrogen-bond donors (Lipinski definition) is 0. The first-order valence-corrected chi connectivity index (χ1v) is 13.2. The van der Waals surface area contributed by atoms with E-state index in [0.29, 0.717) is 0 Å². The maximum atomic E-state index is 2.33. The van der Waals surface area contributed by atoms with Crippen molar-refractivity contribution in [1.82, 2.24) is 0 Å². The molecule has 0 aliphatic rings.